The Morgan fingerprint density at radius 3 is 2.48 bits per heavy atom. The molecule has 1 aromatic rings. The lowest BCUT2D eigenvalue weighted by Gasteiger charge is -2.34. The van der Waals surface area contributed by atoms with Gasteiger partial charge >= 0.3 is 6.18 Å². The van der Waals surface area contributed by atoms with Crippen molar-refractivity contribution in [2.45, 2.75) is 12.6 Å². The van der Waals surface area contributed by atoms with Crippen LogP contribution in [0.3, 0.4) is 0 Å². The summed E-state index contributed by atoms with van der Waals surface area (Å²) < 4.78 is 53.5. The smallest absolute Gasteiger partial charge is 0.372 e. The zero-order valence-electron chi connectivity index (χ0n) is 13.5. The third-order valence-electron chi connectivity index (χ3n) is 3.85. The van der Waals surface area contributed by atoms with Crippen LogP contribution in [0.2, 0.25) is 5.02 Å². The number of halogens is 5. The molecule has 0 radical (unpaired) electrons. The molecule has 2 rings (SSSR count). The zero-order valence-corrected chi connectivity index (χ0v) is 14.2. The Kier molecular flexibility index (Phi) is 7.04. The van der Waals surface area contributed by atoms with E-state index in [-0.39, 0.29) is 23.1 Å². The quantitative estimate of drug-likeness (QED) is 0.559. The Morgan fingerprint density at radius 2 is 1.88 bits per heavy atom. The Labute approximate surface area is 148 Å². The number of nitrogens with zero attached hydrogens (tertiary/aromatic N) is 2. The summed E-state index contributed by atoms with van der Waals surface area (Å²) in [5, 5.41) is 0.0780. The highest BCUT2D eigenvalue weighted by molar-refractivity contribution is 6.33. The minimum absolute atomic E-state index is 0.0455. The molecular weight excluding hydrogens is 364 g/mol. The first kappa shape index (κ1) is 19.9. The van der Waals surface area contributed by atoms with Gasteiger partial charge in [-0.05, 0) is 24.6 Å². The Balaban J connectivity index is 1.71. The van der Waals surface area contributed by atoms with E-state index < -0.39 is 18.6 Å². The topological polar surface area (TPSA) is 32.8 Å². The number of carbonyl (C=O) groups is 1. The normalized spacial score (nSPS) is 16.3. The van der Waals surface area contributed by atoms with Crippen molar-refractivity contribution in [1.29, 1.82) is 0 Å². The molecule has 0 aromatic heterocycles. The molecule has 0 bridgehead atoms. The van der Waals surface area contributed by atoms with Crippen LogP contribution >= 0.6 is 11.6 Å². The van der Waals surface area contributed by atoms with Gasteiger partial charge in [0.2, 0.25) is 0 Å². The van der Waals surface area contributed by atoms with Crippen LogP contribution in [0.15, 0.2) is 18.2 Å². The molecule has 1 heterocycles. The highest BCUT2D eigenvalue weighted by atomic mass is 35.5. The SMILES string of the molecule is O=C(c1ccc(F)cc1Cl)N1CCN(CCCOCC(F)(F)F)CC1. The fourth-order valence-corrected chi connectivity index (χ4v) is 2.83. The molecule has 1 saturated heterocycles. The van der Waals surface area contributed by atoms with Crippen LogP contribution in [-0.4, -0.2) is 67.8 Å². The van der Waals surface area contributed by atoms with Gasteiger partial charge in [-0.15, -0.1) is 0 Å². The van der Waals surface area contributed by atoms with Crippen LogP contribution in [0.4, 0.5) is 17.6 Å². The van der Waals surface area contributed by atoms with Crippen molar-refractivity contribution in [3.05, 3.63) is 34.6 Å². The molecule has 1 aliphatic rings. The second kappa shape index (κ2) is 8.82. The van der Waals surface area contributed by atoms with Crippen molar-refractivity contribution in [2.24, 2.45) is 0 Å². The summed E-state index contributed by atoms with van der Waals surface area (Å²) >= 11 is 5.91. The van der Waals surface area contributed by atoms with Crippen molar-refractivity contribution in [3.8, 4) is 0 Å². The highest BCUT2D eigenvalue weighted by Crippen LogP contribution is 2.20. The number of benzene rings is 1. The maximum Gasteiger partial charge on any atom is 0.411 e. The maximum atomic E-state index is 13.1. The van der Waals surface area contributed by atoms with E-state index in [4.69, 9.17) is 11.6 Å². The highest BCUT2D eigenvalue weighted by Gasteiger charge is 2.27. The number of hydrogen-bond donors (Lipinski definition) is 0. The second-order valence-electron chi connectivity index (χ2n) is 5.78. The number of hydrogen-bond acceptors (Lipinski definition) is 3. The van der Waals surface area contributed by atoms with Gasteiger partial charge in [0.25, 0.3) is 5.91 Å². The molecule has 9 heteroatoms. The molecule has 1 amide bonds. The van der Waals surface area contributed by atoms with Gasteiger partial charge in [-0.25, -0.2) is 4.39 Å². The number of piperazine rings is 1. The van der Waals surface area contributed by atoms with E-state index in [1.165, 1.54) is 12.1 Å². The third kappa shape index (κ3) is 6.45. The van der Waals surface area contributed by atoms with Crippen molar-refractivity contribution in [2.75, 3.05) is 45.9 Å². The van der Waals surface area contributed by atoms with Gasteiger partial charge in [0, 0.05) is 39.3 Å². The Bertz CT molecular complexity index is 590. The fourth-order valence-electron chi connectivity index (χ4n) is 2.59. The van der Waals surface area contributed by atoms with Crippen molar-refractivity contribution >= 4 is 17.5 Å². The number of alkyl halides is 3. The summed E-state index contributed by atoms with van der Waals surface area (Å²) in [7, 11) is 0. The van der Waals surface area contributed by atoms with Crippen molar-refractivity contribution < 1.29 is 27.1 Å². The summed E-state index contributed by atoms with van der Waals surface area (Å²) in [5.74, 6) is -0.753. The maximum absolute atomic E-state index is 13.1. The molecule has 25 heavy (non-hydrogen) atoms. The van der Waals surface area contributed by atoms with Crippen molar-refractivity contribution in [3.63, 3.8) is 0 Å². The van der Waals surface area contributed by atoms with Gasteiger partial charge < -0.3 is 9.64 Å². The molecule has 4 nitrogen and oxygen atoms in total. The first-order valence-corrected chi connectivity index (χ1v) is 8.25. The van der Waals surface area contributed by atoms with E-state index in [1.54, 1.807) is 4.90 Å². The lowest BCUT2D eigenvalue weighted by molar-refractivity contribution is -0.174. The van der Waals surface area contributed by atoms with Crippen LogP contribution in [-0.2, 0) is 4.74 Å². The monoisotopic (exact) mass is 382 g/mol. The molecule has 0 aliphatic carbocycles. The predicted molar refractivity (Wildman–Crippen MR) is 85.2 cm³/mol. The van der Waals surface area contributed by atoms with E-state index >= 15 is 0 Å². The fraction of sp³-hybridized carbons (Fsp3) is 0.562. The van der Waals surface area contributed by atoms with Gasteiger partial charge in [0.1, 0.15) is 12.4 Å². The predicted octanol–water partition coefficient (Wildman–Crippen LogP) is 3.21. The Hall–Kier alpha value is -1.38. The minimum Gasteiger partial charge on any atom is -0.372 e. The molecule has 1 aliphatic heterocycles. The summed E-state index contributed by atoms with van der Waals surface area (Å²) in [6, 6.07) is 3.66. The molecule has 1 fully saturated rings. The average Bonchev–Trinajstić information content (AvgIpc) is 2.53. The number of ether oxygens (including phenoxy) is 1. The van der Waals surface area contributed by atoms with Crippen LogP contribution in [0, 0.1) is 5.82 Å². The van der Waals surface area contributed by atoms with E-state index in [2.05, 4.69) is 9.64 Å². The molecular formula is C16H19ClF4N2O2. The molecule has 0 N–H and O–H groups in total. The largest absolute Gasteiger partial charge is 0.411 e. The lowest BCUT2D eigenvalue weighted by Crippen LogP contribution is -2.49. The number of carbonyl (C=O) groups excluding carboxylic acids is 1. The van der Waals surface area contributed by atoms with E-state index in [9.17, 15) is 22.4 Å². The summed E-state index contributed by atoms with van der Waals surface area (Å²) in [5.41, 5.74) is 0.261. The minimum atomic E-state index is -4.30. The van der Waals surface area contributed by atoms with Crippen LogP contribution in [0.1, 0.15) is 16.8 Å². The molecule has 0 unspecified atom stereocenters. The summed E-state index contributed by atoms with van der Waals surface area (Å²) in [6.07, 6.45) is -3.80. The lowest BCUT2D eigenvalue weighted by atomic mass is 10.1. The molecule has 140 valence electrons. The Morgan fingerprint density at radius 1 is 1.20 bits per heavy atom. The average molecular weight is 383 g/mol. The number of amides is 1. The zero-order chi connectivity index (χ0) is 18.4. The second-order valence-corrected chi connectivity index (χ2v) is 6.19. The summed E-state index contributed by atoms with van der Waals surface area (Å²) in [6.45, 7) is 1.62. The molecule has 0 atom stereocenters. The van der Waals surface area contributed by atoms with Gasteiger partial charge in [0.15, 0.2) is 0 Å². The third-order valence-corrected chi connectivity index (χ3v) is 4.16. The van der Waals surface area contributed by atoms with E-state index in [1.807, 2.05) is 0 Å². The van der Waals surface area contributed by atoms with E-state index in [0.29, 0.717) is 39.1 Å². The van der Waals surface area contributed by atoms with Crippen molar-refractivity contribution in [1.82, 2.24) is 9.80 Å². The molecule has 0 spiro atoms. The van der Waals surface area contributed by atoms with Crippen LogP contribution in [0.25, 0.3) is 0 Å². The molecule has 0 saturated carbocycles. The van der Waals surface area contributed by atoms with Crippen LogP contribution in [0.5, 0.6) is 0 Å². The van der Waals surface area contributed by atoms with Gasteiger partial charge in [-0.3, -0.25) is 9.69 Å². The standard InChI is InChI=1S/C16H19ClF4N2O2/c17-14-10-12(18)2-3-13(14)15(24)23-7-5-22(6-8-23)4-1-9-25-11-16(19,20)21/h2-3,10H,1,4-9,11H2. The van der Waals surface area contributed by atoms with E-state index in [0.717, 1.165) is 6.07 Å². The van der Waals surface area contributed by atoms with Crippen LogP contribution < -0.4 is 0 Å². The van der Waals surface area contributed by atoms with Gasteiger partial charge in [-0.1, -0.05) is 11.6 Å². The first-order chi connectivity index (χ1) is 11.8. The number of rotatable bonds is 6. The first-order valence-electron chi connectivity index (χ1n) is 7.87. The van der Waals surface area contributed by atoms with Gasteiger partial charge in [-0.2, -0.15) is 13.2 Å². The molecule has 1 aromatic carbocycles. The summed E-state index contributed by atoms with van der Waals surface area (Å²) in [4.78, 5) is 16.1. The van der Waals surface area contributed by atoms with Gasteiger partial charge in [0.05, 0.1) is 10.6 Å².